The van der Waals surface area contributed by atoms with Crippen molar-refractivity contribution in [1.82, 2.24) is 4.90 Å². The first-order chi connectivity index (χ1) is 16.2. The molecule has 0 aliphatic carbocycles. The molecule has 5 nitrogen and oxygen atoms in total. The van der Waals surface area contributed by atoms with Gasteiger partial charge < -0.3 is 14.4 Å². The first-order valence-corrected chi connectivity index (χ1v) is 11.4. The molecule has 5 heteroatoms. The SMILES string of the molecule is O=C(COc1ccccc1-c1ccccc1)OCC(=O)N1CCC(Cc2ccccc2)CC1. The van der Waals surface area contributed by atoms with E-state index < -0.39 is 5.97 Å². The quantitative estimate of drug-likeness (QED) is 0.471. The third kappa shape index (κ3) is 6.45. The zero-order chi connectivity index (χ0) is 22.9. The molecule has 3 aromatic rings. The Kier molecular flexibility index (Phi) is 7.75. The van der Waals surface area contributed by atoms with Crippen LogP contribution in [0.25, 0.3) is 11.1 Å². The fourth-order valence-corrected chi connectivity index (χ4v) is 4.19. The predicted octanol–water partition coefficient (Wildman–Crippen LogP) is 4.76. The van der Waals surface area contributed by atoms with Crippen LogP contribution in [0.1, 0.15) is 18.4 Å². The van der Waals surface area contributed by atoms with Crippen LogP contribution in [0.3, 0.4) is 0 Å². The van der Waals surface area contributed by atoms with Gasteiger partial charge in [-0.05, 0) is 42.4 Å². The molecule has 4 rings (SSSR count). The van der Waals surface area contributed by atoms with Crippen LogP contribution >= 0.6 is 0 Å². The van der Waals surface area contributed by atoms with E-state index in [1.165, 1.54) is 5.56 Å². The largest absolute Gasteiger partial charge is 0.481 e. The summed E-state index contributed by atoms with van der Waals surface area (Å²) in [4.78, 5) is 26.5. The summed E-state index contributed by atoms with van der Waals surface area (Å²) in [5.74, 6) is 0.487. The van der Waals surface area contributed by atoms with Gasteiger partial charge in [0.2, 0.25) is 0 Å². The van der Waals surface area contributed by atoms with Crippen LogP contribution in [-0.2, 0) is 20.7 Å². The van der Waals surface area contributed by atoms with Gasteiger partial charge in [0.1, 0.15) is 5.75 Å². The van der Waals surface area contributed by atoms with Gasteiger partial charge in [0.05, 0.1) is 0 Å². The Bertz CT molecular complexity index is 1040. The monoisotopic (exact) mass is 443 g/mol. The van der Waals surface area contributed by atoms with Crippen LogP contribution in [-0.4, -0.2) is 43.1 Å². The molecular formula is C28H29NO4. The van der Waals surface area contributed by atoms with E-state index in [2.05, 4.69) is 24.3 Å². The minimum Gasteiger partial charge on any atom is -0.481 e. The lowest BCUT2D eigenvalue weighted by Crippen LogP contribution is -2.41. The Hall–Kier alpha value is -3.60. The van der Waals surface area contributed by atoms with Crippen molar-refractivity contribution < 1.29 is 19.1 Å². The number of ether oxygens (including phenoxy) is 2. The summed E-state index contributed by atoms with van der Waals surface area (Å²) >= 11 is 0. The van der Waals surface area contributed by atoms with E-state index in [0.29, 0.717) is 24.8 Å². The molecule has 0 N–H and O–H groups in total. The molecule has 1 amide bonds. The number of carbonyl (C=O) groups is 2. The molecule has 0 atom stereocenters. The zero-order valence-corrected chi connectivity index (χ0v) is 18.7. The van der Waals surface area contributed by atoms with Crippen LogP contribution in [0, 0.1) is 5.92 Å². The second-order valence-corrected chi connectivity index (χ2v) is 8.33. The van der Waals surface area contributed by atoms with Crippen molar-refractivity contribution in [2.24, 2.45) is 5.92 Å². The highest BCUT2D eigenvalue weighted by atomic mass is 16.6. The summed E-state index contributed by atoms with van der Waals surface area (Å²) in [5, 5.41) is 0. The van der Waals surface area contributed by atoms with E-state index >= 15 is 0 Å². The second-order valence-electron chi connectivity index (χ2n) is 8.33. The lowest BCUT2D eigenvalue weighted by atomic mass is 9.90. The highest BCUT2D eigenvalue weighted by Crippen LogP contribution is 2.29. The van der Waals surface area contributed by atoms with Gasteiger partial charge in [0.25, 0.3) is 5.91 Å². The number of hydrogen-bond donors (Lipinski definition) is 0. The van der Waals surface area contributed by atoms with Gasteiger partial charge in [-0.25, -0.2) is 4.79 Å². The lowest BCUT2D eigenvalue weighted by Gasteiger charge is -2.32. The van der Waals surface area contributed by atoms with Crippen LogP contribution < -0.4 is 4.74 Å². The van der Waals surface area contributed by atoms with Crippen molar-refractivity contribution in [3.05, 3.63) is 90.5 Å². The summed E-state index contributed by atoms with van der Waals surface area (Å²) in [6.07, 6.45) is 2.97. The van der Waals surface area contributed by atoms with E-state index in [1.807, 2.05) is 60.7 Å². The summed E-state index contributed by atoms with van der Waals surface area (Å²) < 4.78 is 10.9. The van der Waals surface area contributed by atoms with Gasteiger partial charge >= 0.3 is 5.97 Å². The normalized spacial score (nSPS) is 14.0. The minimum absolute atomic E-state index is 0.147. The van der Waals surface area contributed by atoms with E-state index in [0.717, 1.165) is 30.4 Å². The van der Waals surface area contributed by atoms with Gasteiger partial charge in [0, 0.05) is 18.7 Å². The van der Waals surface area contributed by atoms with Crippen molar-refractivity contribution in [3.63, 3.8) is 0 Å². The van der Waals surface area contributed by atoms with Crippen molar-refractivity contribution in [2.75, 3.05) is 26.3 Å². The van der Waals surface area contributed by atoms with Gasteiger partial charge in [-0.3, -0.25) is 4.79 Å². The summed E-state index contributed by atoms with van der Waals surface area (Å²) in [6, 6.07) is 27.8. The molecule has 1 saturated heterocycles. The van der Waals surface area contributed by atoms with Crippen LogP contribution in [0.15, 0.2) is 84.9 Å². The number of piperidine rings is 1. The third-order valence-corrected chi connectivity index (χ3v) is 6.01. The predicted molar refractivity (Wildman–Crippen MR) is 128 cm³/mol. The Morgan fingerprint density at radius 1 is 0.788 bits per heavy atom. The number of hydrogen-bond acceptors (Lipinski definition) is 4. The number of rotatable bonds is 8. The Labute approximate surface area is 194 Å². The first-order valence-electron chi connectivity index (χ1n) is 11.4. The maximum absolute atomic E-state index is 12.5. The molecule has 1 heterocycles. The van der Waals surface area contributed by atoms with Crippen LogP contribution in [0.2, 0.25) is 0 Å². The molecule has 1 aliphatic heterocycles. The van der Waals surface area contributed by atoms with Crippen molar-refractivity contribution >= 4 is 11.9 Å². The van der Waals surface area contributed by atoms with E-state index in [4.69, 9.17) is 9.47 Å². The van der Waals surface area contributed by atoms with Crippen molar-refractivity contribution in [1.29, 1.82) is 0 Å². The number of carbonyl (C=O) groups excluding carboxylic acids is 2. The van der Waals surface area contributed by atoms with Gasteiger partial charge in [-0.1, -0.05) is 78.9 Å². The first kappa shape index (κ1) is 22.6. The molecule has 3 aromatic carbocycles. The maximum atomic E-state index is 12.5. The smallest absolute Gasteiger partial charge is 0.344 e. The van der Waals surface area contributed by atoms with Crippen LogP contribution in [0.5, 0.6) is 5.75 Å². The zero-order valence-electron chi connectivity index (χ0n) is 18.7. The van der Waals surface area contributed by atoms with Crippen molar-refractivity contribution in [3.8, 4) is 16.9 Å². The summed E-state index contributed by atoms with van der Waals surface area (Å²) in [6.45, 7) is 0.922. The lowest BCUT2D eigenvalue weighted by molar-refractivity contribution is -0.154. The standard InChI is InChI=1S/C28H29NO4/c30-27(29-17-15-23(16-18-29)19-22-9-3-1-4-10-22)20-33-28(31)21-32-26-14-8-7-13-25(26)24-11-5-2-6-12-24/h1-14,23H,15-21H2. The highest BCUT2D eigenvalue weighted by Gasteiger charge is 2.23. The van der Waals surface area contributed by atoms with Gasteiger partial charge in [0.15, 0.2) is 13.2 Å². The third-order valence-electron chi connectivity index (χ3n) is 6.01. The van der Waals surface area contributed by atoms with Gasteiger partial charge in [-0.2, -0.15) is 0 Å². The molecular weight excluding hydrogens is 414 g/mol. The fraction of sp³-hybridized carbons (Fsp3) is 0.286. The number of para-hydroxylation sites is 1. The summed E-state index contributed by atoms with van der Waals surface area (Å²) in [7, 11) is 0. The fourth-order valence-electron chi connectivity index (χ4n) is 4.19. The number of likely N-dealkylation sites (tertiary alicyclic amines) is 1. The Morgan fingerprint density at radius 3 is 2.15 bits per heavy atom. The molecule has 0 aromatic heterocycles. The molecule has 0 bridgehead atoms. The number of amides is 1. The molecule has 0 radical (unpaired) electrons. The molecule has 1 aliphatic rings. The number of esters is 1. The molecule has 0 unspecified atom stereocenters. The molecule has 170 valence electrons. The van der Waals surface area contributed by atoms with E-state index in [9.17, 15) is 9.59 Å². The molecule has 1 fully saturated rings. The van der Waals surface area contributed by atoms with Crippen molar-refractivity contribution in [2.45, 2.75) is 19.3 Å². The highest BCUT2D eigenvalue weighted by molar-refractivity contribution is 5.81. The van der Waals surface area contributed by atoms with Crippen LogP contribution in [0.4, 0.5) is 0 Å². The Balaban J connectivity index is 1.20. The molecule has 0 saturated carbocycles. The van der Waals surface area contributed by atoms with E-state index in [1.54, 1.807) is 4.90 Å². The Morgan fingerprint density at radius 2 is 1.42 bits per heavy atom. The maximum Gasteiger partial charge on any atom is 0.344 e. The average molecular weight is 444 g/mol. The topological polar surface area (TPSA) is 55.8 Å². The number of nitrogens with zero attached hydrogens (tertiary/aromatic N) is 1. The number of benzene rings is 3. The average Bonchev–Trinajstić information content (AvgIpc) is 2.88. The second kappa shape index (κ2) is 11.3. The molecule has 0 spiro atoms. The summed E-state index contributed by atoms with van der Waals surface area (Å²) in [5.41, 5.74) is 3.25. The van der Waals surface area contributed by atoms with E-state index in [-0.39, 0.29) is 19.1 Å². The van der Waals surface area contributed by atoms with Gasteiger partial charge in [-0.15, -0.1) is 0 Å². The molecule has 33 heavy (non-hydrogen) atoms. The minimum atomic E-state index is -0.551.